The van der Waals surface area contributed by atoms with E-state index >= 15 is 0 Å². The van der Waals surface area contributed by atoms with E-state index in [0.717, 1.165) is 16.7 Å². The number of hydrogen-bond acceptors (Lipinski definition) is 3. The van der Waals surface area contributed by atoms with Crippen molar-refractivity contribution in [1.82, 2.24) is 5.32 Å². The van der Waals surface area contributed by atoms with Crippen LogP contribution in [-0.4, -0.2) is 18.5 Å². The Kier molecular flexibility index (Phi) is 5.68. The number of carbonyl (C=O) groups is 2. The molecule has 0 saturated carbocycles. The summed E-state index contributed by atoms with van der Waals surface area (Å²) < 4.78 is 18.5. The lowest BCUT2D eigenvalue weighted by molar-refractivity contribution is -0.124. The Hall–Kier alpha value is -2.69. The van der Waals surface area contributed by atoms with Crippen LogP contribution in [0.1, 0.15) is 32.6 Å². The van der Waals surface area contributed by atoms with Gasteiger partial charge in [-0.15, -0.1) is 0 Å². The summed E-state index contributed by atoms with van der Waals surface area (Å²) in [5.41, 5.74) is 3.53. The van der Waals surface area contributed by atoms with E-state index < -0.39 is 18.5 Å². The third-order valence-corrected chi connectivity index (χ3v) is 3.65. The summed E-state index contributed by atoms with van der Waals surface area (Å²) in [4.78, 5) is 23.9. The van der Waals surface area contributed by atoms with Gasteiger partial charge in [0.1, 0.15) is 5.82 Å². The highest BCUT2D eigenvalue weighted by Crippen LogP contribution is 2.17. The Morgan fingerprint density at radius 1 is 1.08 bits per heavy atom. The molecule has 4 nitrogen and oxygen atoms in total. The fourth-order valence-corrected chi connectivity index (χ4v) is 2.59. The monoisotopic (exact) mass is 329 g/mol. The smallest absolute Gasteiger partial charge is 0.339 e. The molecule has 0 aliphatic heterocycles. The number of ether oxygens (including phenoxy) is 1. The van der Waals surface area contributed by atoms with Crippen molar-refractivity contribution in [3.8, 4) is 0 Å². The molecule has 0 heterocycles. The molecule has 0 aromatic heterocycles. The largest absolute Gasteiger partial charge is 0.452 e. The first-order valence-electron chi connectivity index (χ1n) is 7.63. The third-order valence-electron chi connectivity index (χ3n) is 3.65. The van der Waals surface area contributed by atoms with Gasteiger partial charge in [-0.05, 0) is 38.0 Å². The number of carbonyl (C=O) groups excluding carboxylic acids is 2. The minimum atomic E-state index is -0.536. The lowest BCUT2D eigenvalue weighted by Crippen LogP contribution is -2.29. The molecule has 1 N–H and O–H groups in total. The van der Waals surface area contributed by atoms with E-state index in [1.54, 1.807) is 18.2 Å². The van der Waals surface area contributed by atoms with Gasteiger partial charge < -0.3 is 10.1 Å². The highest BCUT2D eigenvalue weighted by atomic mass is 19.1. The summed E-state index contributed by atoms with van der Waals surface area (Å²) in [5.74, 6) is -1.40. The molecule has 0 bridgehead atoms. The maximum Gasteiger partial charge on any atom is 0.339 e. The summed E-state index contributed by atoms with van der Waals surface area (Å²) in [6, 6.07) is 9.96. The molecule has 2 aromatic carbocycles. The van der Waals surface area contributed by atoms with Crippen LogP contribution < -0.4 is 5.32 Å². The van der Waals surface area contributed by atoms with Gasteiger partial charge in [0, 0.05) is 12.1 Å². The maximum atomic E-state index is 13.5. The van der Waals surface area contributed by atoms with Crippen LogP contribution in [0.3, 0.4) is 0 Å². The minimum absolute atomic E-state index is 0.0473. The zero-order valence-electron chi connectivity index (χ0n) is 14.0. The van der Waals surface area contributed by atoms with Crippen molar-refractivity contribution in [2.45, 2.75) is 27.3 Å². The van der Waals surface area contributed by atoms with Crippen LogP contribution in [0.2, 0.25) is 0 Å². The first kappa shape index (κ1) is 17.7. The fourth-order valence-electron chi connectivity index (χ4n) is 2.59. The topological polar surface area (TPSA) is 55.4 Å². The minimum Gasteiger partial charge on any atom is -0.452 e. The maximum absolute atomic E-state index is 13.5. The lowest BCUT2D eigenvalue weighted by Gasteiger charge is -2.11. The number of halogens is 1. The van der Waals surface area contributed by atoms with Crippen molar-refractivity contribution in [2.24, 2.45) is 0 Å². The van der Waals surface area contributed by atoms with E-state index in [0.29, 0.717) is 11.1 Å². The first-order valence-corrected chi connectivity index (χ1v) is 7.63. The number of benzene rings is 2. The molecule has 126 valence electrons. The Morgan fingerprint density at radius 3 is 2.33 bits per heavy atom. The molecular weight excluding hydrogens is 309 g/mol. The second kappa shape index (κ2) is 7.73. The second-order valence-corrected chi connectivity index (χ2v) is 5.72. The number of nitrogens with one attached hydrogen (secondary N) is 1. The molecule has 2 rings (SSSR count). The van der Waals surface area contributed by atoms with Crippen LogP contribution in [0.15, 0.2) is 36.4 Å². The van der Waals surface area contributed by atoms with Crippen molar-refractivity contribution < 1.29 is 18.7 Å². The fraction of sp³-hybridized carbons (Fsp3) is 0.263. The van der Waals surface area contributed by atoms with Crippen molar-refractivity contribution in [2.75, 3.05) is 6.61 Å². The highest BCUT2D eigenvalue weighted by molar-refractivity contribution is 5.94. The standard InChI is InChI=1S/C19H20FNO3/c1-12-8-13(2)18(14(3)9-12)19(23)24-11-17(22)21-10-15-6-4-5-7-16(15)20/h4-9H,10-11H2,1-3H3,(H,21,22). The zero-order chi connectivity index (χ0) is 17.7. The van der Waals surface area contributed by atoms with E-state index in [4.69, 9.17) is 4.74 Å². The van der Waals surface area contributed by atoms with Crippen molar-refractivity contribution in [3.05, 3.63) is 70.0 Å². The molecule has 2 aromatic rings. The molecule has 5 heteroatoms. The Bertz CT molecular complexity index is 748. The van der Waals surface area contributed by atoms with E-state index in [9.17, 15) is 14.0 Å². The van der Waals surface area contributed by atoms with Crippen molar-refractivity contribution in [1.29, 1.82) is 0 Å². The quantitative estimate of drug-likeness (QED) is 0.857. The van der Waals surface area contributed by atoms with Gasteiger partial charge in [0.2, 0.25) is 0 Å². The van der Waals surface area contributed by atoms with E-state index in [1.165, 1.54) is 6.07 Å². The number of aryl methyl sites for hydroxylation is 3. The molecule has 1 amide bonds. The van der Waals surface area contributed by atoms with Crippen LogP contribution in [0.5, 0.6) is 0 Å². The zero-order valence-corrected chi connectivity index (χ0v) is 14.0. The molecule has 0 aliphatic rings. The number of esters is 1. The summed E-state index contributed by atoms with van der Waals surface area (Å²) in [6.07, 6.45) is 0. The number of rotatable bonds is 5. The average molecular weight is 329 g/mol. The van der Waals surface area contributed by atoms with Crippen LogP contribution in [0.4, 0.5) is 4.39 Å². The normalized spacial score (nSPS) is 10.3. The molecule has 0 spiro atoms. The molecule has 0 atom stereocenters. The van der Waals surface area contributed by atoms with E-state index in [1.807, 2.05) is 32.9 Å². The molecule has 0 aliphatic carbocycles. The first-order chi connectivity index (χ1) is 11.4. The number of hydrogen-bond donors (Lipinski definition) is 1. The molecule has 0 radical (unpaired) electrons. The summed E-state index contributed by atoms with van der Waals surface area (Å²) >= 11 is 0. The Balaban J connectivity index is 1.90. The number of amides is 1. The third kappa shape index (κ3) is 4.41. The Labute approximate surface area is 140 Å². The van der Waals surface area contributed by atoms with Gasteiger partial charge in [0.15, 0.2) is 6.61 Å². The molecule has 0 saturated heterocycles. The lowest BCUT2D eigenvalue weighted by atomic mass is 10.00. The average Bonchev–Trinajstić information content (AvgIpc) is 2.51. The van der Waals surface area contributed by atoms with Gasteiger partial charge >= 0.3 is 5.97 Å². The van der Waals surface area contributed by atoms with Crippen molar-refractivity contribution >= 4 is 11.9 Å². The second-order valence-electron chi connectivity index (χ2n) is 5.72. The van der Waals surface area contributed by atoms with Gasteiger partial charge in [0.05, 0.1) is 5.56 Å². The van der Waals surface area contributed by atoms with Gasteiger partial charge in [-0.1, -0.05) is 35.9 Å². The predicted octanol–water partition coefficient (Wildman–Crippen LogP) is 3.22. The summed E-state index contributed by atoms with van der Waals surface area (Å²) in [7, 11) is 0. The predicted molar refractivity (Wildman–Crippen MR) is 89.2 cm³/mol. The van der Waals surface area contributed by atoms with Crippen LogP contribution in [0.25, 0.3) is 0 Å². The van der Waals surface area contributed by atoms with Crippen LogP contribution in [-0.2, 0) is 16.1 Å². The van der Waals surface area contributed by atoms with Gasteiger partial charge in [-0.25, -0.2) is 9.18 Å². The molecule has 0 unspecified atom stereocenters. The van der Waals surface area contributed by atoms with Gasteiger partial charge in [-0.2, -0.15) is 0 Å². The van der Waals surface area contributed by atoms with Crippen LogP contribution in [0, 0.1) is 26.6 Å². The van der Waals surface area contributed by atoms with Gasteiger partial charge in [0.25, 0.3) is 5.91 Å². The molecular formula is C19H20FNO3. The van der Waals surface area contributed by atoms with Crippen LogP contribution >= 0.6 is 0 Å². The Morgan fingerprint density at radius 2 is 1.71 bits per heavy atom. The SMILES string of the molecule is Cc1cc(C)c(C(=O)OCC(=O)NCc2ccccc2F)c(C)c1. The van der Waals surface area contributed by atoms with E-state index in [-0.39, 0.29) is 12.4 Å². The van der Waals surface area contributed by atoms with E-state index in [2.05, 4.69) is 5.32 Å². The summed E-state index contributed by atoms with van der Waals surface area (Å²) in [5, 5.41) is 2.53. The van der Waals surface area contributed by atoms with Gasteiger partial charge in [-0.3, -0.25) is 4.79 Å². The highest BCUT2D eigenvalue weighted by Gasteiger charge is 2.15. The van der Waals surface area contributed by atoms with Crippen molar-refractivity contribution in [3.63, 3.8) is 0 Å². The molecule has 0 fully saturated rings. The molecule has 24 heavy (non-hydrogen) atoms. The summed E-state index contributed by atoms with van der Waals surface area (Å²) in [6.45, 7) is 5.25.